The molecule has 3 heteroatoms. The molecule has 0 spiro atoms. The number of rotatable bonds is 6. The largest absolute Gasteiger partial charge is 0.316 e. The molecule has 2 rings (SSSR count). The van der Waals surface area contributed by atoms with Gasteiger partial charge in [0.15, 0.2) is 0 Å². The highest BCUT2D eigenvalue weighted by Crippen LogP contribution is 2.47. The zero-order valence-electron chi connectivity index (χ0n) is 8.75. The van der Waals surface area contributed by atoms with Gasteiger partial charge in [0.2, 0.25) is 0 Å². The van der Waals surface area contributed by atoms with E-state index in [1.54, 1.807) is 11.3 Å². The molecule has 1 saturated carbocycles. The van der Waals surface area contributed by atoms with Gasteiger partial charge in [-0.05, 0) is 37.6 Å². The van der Waals surface area contributed by atoms with Crippen LogP contribution >= 0.6 is 11.3 Å². The zero-order chi connectivity index (χ0) is 9.86. The molecule has 0 atom stereocenters. The summed E-state index contributed by atoms with van der Waals surface area (Å²) in [5.74, 6) is 0. The third-order valence-electron chi connectivity index (χ3n) is 2.92. The molecule has 0 aromatic carbocycles. The Morgan fingerprint density at radius 1 is 1.57 bits per heavy atom. The molecule has 0 saturated heterocycles. The highest BCUT2D eigenvalue weighted by molar-refractivity contribution is 7.07. The Morgan fingerprint density at radius 3 is 3.00 bits per heavy atom. The fourth-order valence-electron chi connectivity index (χ4n) is 1.83. The lowest BCUT2D eigenvalue weighted by Crippen LogP contribution is -2.26. The molecule has 2 nitrogen and oxygen atoms in total. The summed E-state index contributed by atoms with van der Waals surface area (Å²) in [6, 6.07) is 0. The van der Waals surface area contributed by atoms with Crippen molar-refractivity contribution in [1.82, 2.24) is 10.3 Å². The van der Waals surface area contributed by atoms with Gasteiger partial charge in [-0.15, -0.1) is 11.3 Å². The van der Waals surface area contributed by atoms with Crippen LogP contribution < -0.4 is 5.32 Å². The van der Waals surface area contributed by atoms with E-state index in [4.69, 9.17) is 0 Å². The standard InChI is InChI=1S/C11H18N2S/c1-2-5-12-8-11(3-4-11)6-10-7-14-9-13-10/h7,9,12H,2-6,8H2,1H3. The van der Waals surface area contributed by atoms with Crippen molar-refractivity contribution >= 4 is 11.3 Å². The minimum atomic E-state index is 0.559. The Labute approximate surface area is 89.8 Å². The monoisotopic (exact) mass is 210 g/mol. The van der Waals surface area contributed by atoms with Crippen LogP contribution in [0.25, 0.3) is 0 Å². The molecule has 0 bridgehead atoms. The van der Waals surface area contributed by atoms with Crippen molar-refractivity contribution in [3.63, 3.8) is 0 Å². The SMILES string of the molecule is CCCNCC1(Cc2cscn2)CC1. The summed E-state index contributed by atoms with van der Waals surface area (Å²) in [7, 11) is 0. The van der Waals surface area contributed by atoms with Gasteiger partial charge in [-0.1, -0.05) is 6.92 Å². The summed E-state index contributed by atoms with van der Waals surface area (Å²) >= 11 is 1.70. The molecule has 14 heavy (non-hydrogen) atoms. The Bertz CT molecular complexity index is 265. The highest BCUT2D eigenvalue weighted by atomic mass is 32.1. The minimum Gasteiger partial charge on any atom is -0.316 e. The van der Waals surface area contributed by atoms with Crippen molar-refractivity contribution in [3.8, 4) is 0 Å². The lowest BCUT2D eigenvalue weighted by atomic mass is 10.0. The maximum Gasteiger partial charge on any atom is 0.0794 e. The first kappa shape index (κ1) is 10.1. The van der Waals surface area contributed by atoms with Gasteiger partial charge in [-0.25, -0.2) is 4.98 Å². The fraction of sp³-hybridized carbons (Fsp3) is 0.727. The number of nitrogens with zero attached hydrogens (tertiary/aromatic N) is 1. The first-order valence-corrected chi connectivity index (χ1v) is 6.37. The number of nitrogens with one attached hydrogen (secondary N) is 1. The molecular weight excluding hydrogens is 192 g/mol. The van der Waals surface area contributed by atoms with Crippen LogP contribution in [0.15, 0.2) is 10.9 Å². The van der Waals surface area contributed by atoms with Crippen molar-refractivity contribution in [3.05, 3.63) is 16.6 Å². The minimum absolute atomic E-state index is 0.559. The van der Waals surface area contributed by atoms with Gasteiger partial charge in [0, 0.05) is 11.9 Å². The van der Waals surface area contributed by atoms with Gasteiger partial charge >= 0.3 is 0 Å². The fourth-order valence-corrected chi connectivity index (χ4v) is 2.39. The number of aromatic nitrogens is 1. The second kappa shape index (κ2) is 4.41. The van der Waals surface area contributed by atoms with Crippen molar-refractivity contribution in [2.45, 2.75) is 32.6 Å². The topological polar surface area (TPSA) is 24.9 Å². The summed E-state index contributed by atoms with van der Waals surface area (Å²) in [5.41, 5.74) is 3.78. The first-order valence-electron chi connectivity index (χ1n) is 5.42. The van der Waals surface area contributed by atoms with Gasteiger partial charge < -0.3 is 5.32 Å². The molecule has 0 amide bonds. The zero-order valence-corrected chi connectivity index (χ0v) is 9.57. The van der Waals surface area contributed by atoms with Gasteiger partial charge in [0.05, 0.1) is 11.2 Å². The Balaban J connectivity index is 1.79. The third kappa shape index (κ3) is 2.55. The molecule has 1 aliphatic rings. The van der Waals surface area contributed by atoms with E-state index in [2.05, 4.69) is 22.6 Å². The van der Waals surface area contributed by atoms with E-state index in [-0.39, 0.29) is 0 Å². The predicted molar refractivity (Wildman–Crippen MR) is 60.6 cm³/mol. The number of thiazole rings is 1. The third-order valence-corrected chi connectivity index (χ3v) is 3.56. The van der Waals surface area contributed by atoms with E-state index in [1.807, 2.05) is 5.51 Å². The van der Waals surface area contributed by atoms with Gasteiger partial charge in [-0.3, -0.25) is 0 Å². The average molecular weight is 210 g/mol. The Morgan fingerprint density at radius 2 is 2.43 bits per heavy atom. The lowest BCUT2D eigenvalue weighted by Gasteiger charge is -2.14. The predicted octanol–water partition coefficient (Wildman–Crippen LogP) is 2.47. The van der Waals surface area contributed by atoms with Crippen LogP contribution in [0.3, 0.4) is 0 Å². The van der Waals surface area contributed by atoms with Crippen LogP contribution in [-0.4, -0.2) is 18.1 Å². The van der Waals surface area contributed by atoms with E-state index < -0.39 is 0 Å². The molecular formula is C11H18N2S. The van der Waals surface area contributed by atoms with Crippen molar-refractivity contribution < 1.29 is 0 Å². The van der Waals surface area contributed by atoms with E-state index in [0.29, 0.717) is 5.41 Å². The number of hydrogen-bond acceptors (Lipinski definition) is 3. The number of hydrogen-bond donors (Lipinski definition) is 1. The normalized spacial score (nSPS) is 18.4. The molecule has 0 unspecified atom stereocenters. The summed E-state index contributed by atoms with van der Waals surface area (Å²) in [6.45, 7) is 4.55. The van der Waals surface area contributed by atoms with Gasteiger partial charge in [0.25, 0.3) is 0 Å². The summed E-state index contributed by atoms with van der Waals surface area (Å²) in [6.07, 6.45) is 5.16. The summed E-state index contributed by atoms with van der Waals surface area (Å²) in [4.78, 5) is 4.36. The van der Waals surface area contributed by atoms with E-state index in [0.717, 1.165) is 6.54 Å². The molecule has 1 aliphatic carbocycles. The van der Waals surface area contributed by atoms with Crippen LogP contribution in [-0.2, 0) is 6.42 Å². The first-order chi connectivity index (χ1) is 6.85. The summed E-state index contributed by atoms with van der Waals surface area (Å²) < 4.78 is 0. The van der Waals surface area contributed by atoms with Gasteiger partial charge in [-0.2, -0.15) is 0 Å². The quantitative estimate of drug-likeness (QED) is 0.730. The smallest absolute Gasteiger partial charge is 0.0794 e. The van der Waals surface area contributed by atoms with Crippen LogP contribution in [0.1, 0.15) is 31.9 Å². The van der Waals surface area contributed by atoms with Crippen LogP contribution in [0.4, 0.5) is 0 Å². The molecule has 1 aromatic rings. The average Bonchev–Trinajstić information content (AvgIpc) is 2.75. The van der Waals surface area contributed by atoms with E-state index in [9.17, 15) is 0 Å². The van der Waals surface area contributed by atoms with Crippen LogP contribution in [0.2, 0.25) is 0 Å². The Kier molecular flexibility index (Phi) is 3.19. The molecule has 1 heterocycles. The molecule has 0 radical (unpaired) electrons. The lowest BCUT2D eigenvalue weighted by molar-refractivity contribution is 0.452. The van der Waals surface area contributed by atoms with Gasteiger partial charge in [0.1, 0.15) is 0 Å². The maximum atomic E-state index is 4.36. The van der Waals surface area contributed by atoms with E-state index >= 15 is 0 Å². The van der Waals surface area contributed by atoms with Crippen LogP contribution in [0.5, 0.6) is 0 Å². The maximum absolute atomic E-state index is 4.36. The molecule has 0 aliphatic heterocycles. The summed E-state index contributed by atoms with van der Waals surface area (Å²) in [5, 5.41) is 5.71. The molecule has 1 aromatic heterocycles. The molecule has 78 valence electrons. The second-order valence-electron chi connectivity index (χ2n) is 4.33. The van der Waals surface area contributed by atoms with Crippen molar-refractivity contribution in [2.24, 2.45) is 5.41 Å². The molecule has 1 N–H and O–H groups in total. The Hall–Kier alpha value is -0.410. The van der Waals surface area contributed by atoms with E-state index in [1.165, 1.54) is 37.9 Å². The highest BCUT2D eigenvalue weighted by Gasteiger charge is 2.42. The van der Waals surface area contributed by atoms with Crippen molar-refractivity contribution in [2.75, 3.05) is 13.1 Å². The molecule has 1 fully saturated rings. The van der Waals surface area contributed by atoms with Crippen molar-refractivity contribution in [1.29, 1.82) is 0 Å². The second-order valence-corrected chi connectivity index (χ2v) is 5.05. The van der Waals surface area contributed by atoms with Crippen LogP contribution in [0, 0.1) is 5.41 Å².